The highest BCUT2D eigenvalue weighted by Crippen LogP contribution is 2.48. The van der Waals surface area contributed by atoms with Gasteiger partial charge in [-0.05, 0) is 55.6 Å². The molecule has 10 nitrogen and oxygen atoms in total. The minimum absolute atomic E-state index is 0.0413. The average molecular weight is 619 g/mol. The number of Topliss-reactive ketones (excluding diaryl/α,β-unsaturated/α-hetero) is 1. The van der Waals surface area contributed by atoms with Gasteiger partial charge in [0, 0.05) is 13.3 Å². The molecule has 2 aromatic rings. The van der Waals surface area contributed by atoms with E-state index in [4.69, 9.17) is 4.74 Å². The first-order chi connectivity index (χ1) is 21.4. The molecule has 2 aromatic carbocycles. The predicted molar refractivity (Wildman–Crippen MR) is 170 cm³/mol. The molecular weight excluding hydrogens is 572 g/mol. The predicted octanol–water partition coefficient (Wildman–Crippen LogP) is 2.63. The second-order valence-electron chi connectivity index (χ2n) is 13.0. The van der Waals surface area contributed by atoms with Gasteiger partial charge >= 0.3 is 0 Å². The number of ketones is 1. The number of amides is 4. The summed E-state index contributed by atoms with van der Waals surface area (Å²) < 4.78 is 5.68. The molecule has 1 saturated carbocycles. The zero-order valence-electron chi connectivity index (χ0n) is 26.8. The van der Waals surface area contributed by atoms with Gasteiger partial charge in [-0.1, -0.05) is 81.4 Å². The monoisotopic (exact) mass is 618 g/mol. The molecule has 7 atom stereocenters. The molecule has 0 bridgehead atoms. The Kier molecular flexibility index (Phi) is 11.1. The number of carbonyl (C=O) groups excluding carboxylic acids is 5. The second kappa shape index (κ2) is 14.8. The fourth-order valence-corrected chi connectivity index (χ4v) is 6.21. The molecule has 0 spiro atoms. The third-order valence-electron chi connectivity index (χ3n) is 8.62. The van der Waals surface area contributed by atoms with Crippen LogP contribution in [0.5, 0.6) is 0 Å². The summed E-state index contributed by atoms with van der Waals surface area (Å²) in [7, 11) is 0. The average Bonchev–Trinajstić information content (AvgIpc) is 3.71. The number of carbonyl (C=O) groups is 5. The number of rotatable bonds is 14. The lowest BCUT2D eigenvalue weighted by Gasteiger charge is -2.30. The van der Waals surface area contributed by atoms with Crippen LogP contribution >= 0.6 is 0 Å². The fraction of sp³-hybridized carbons (Fsp3) is 0.514. The first-order valence-corrected chi connectivity index (χ1v) is 15.9. The highest BCUT2D eigenvalue weighted by molar-refractivity contribution is 6.00. The van der Waals surface area contributed by atoms with Crippen molar-refractivity contribution in [3.8, 4) is 0 Å². The van der Waals surface area contributed by atoms with Gasteiger partial charge in [-0.3, -0.25) is 24.0 Å². The molecule has 2 fully saturated rings. The van der Waals surface area contributed by atoms with Crippen molar-refractivity contribution < 1.29 is 28.7 Å². The molecule has 3 unspecified atom stereocenters. The quantitative estimate of drug-likeness (QED) is 0.240. The van der Waals surface area contributed by atoms with Crippen molar-refractivity contribution >= 4 is 29.4 Å². The topological polar surface area (TPSA) is 146 Å². The molecular formula is C35H46N4O6. The van der Waals surface area contributed by atoms with E-state index in [-0.39, 0.29) is 36.1 Å². The van der Waals surface area contributed by atoms with Gasteiger partial charge in [0.15, 0.2) is 11.4 Å². The third kappa shape index (κ3) is 9.00. The SMILES string of the molecule is CC(=O)N[C@@H](CCc1ccccc1)C(=O)N[C@@H](CC(C)C)C(=O)NC(Cc1ccccc1)C(=O)N[C@H]1CC(C)C2O[C@@]2(C)C1=O. The van der Waals surface area contributed by atoms with E-state index in [1.807, 2.05) is 81.4 Å². The van der Waals surface area contributed by atoms with Crippen LogP contribution in [-0.2, 0) is 41.6 Å². The largest absolute Gasteiger partial charge is 0.358 e. The Hall–Kier alpha value is -4.05. The van der Waals surface area contributed by atoms with E-state index in [0.29, 0.717) is 25.7 Å². The molecule has 1 aliphatic heterocycles. The number of aryl methyl sites for hydroxylation is 1. The molecule has 2 aliphatic rings. The van der Waals surface area contributed by atoms with Gasteiger partial charge in [0.25, 0.3) is 0 Å². The number of epoxide rings is 1. The van der Waals surface area contributed by atoms with Gasteiger partial charge < -0.3 is 26.0 Å². The summed E-state index contributed by atoms with van der Waals surface area (Å²) in [6.07, 6.45) is 1.74. The maximum atomic E-state index is 13.8. The summed E-state index contributed by atoms with van der Waals surface area (Å²) in [6.45, 7) is 8.97. The molecule has 10 heteroatoms. The standard InChI is InChI=1S/C35H46N4O6/c1-21(2)18-28(38-32(42)26(36-23(4)40)17-16-24-12-8-6-9-13-24)33(43)39-29(20-25-14-10-7-11-15-25)34(44)37-27-19-22(3)31-35(5,45-31)30(27)41/h6-15,21-22,26-29,31H,16-20H2,1-5H3,(H,36,40)(H,37,44)(H,38,42)(H,39,43)/t22?,26-,27-,28-,29?,31?,35-/m0/s1. The molecule has 0 aromatic heterocycles. The van der Waals surface area contributed by atoms with E-state index >= 15 is 0 Å². The Morgan fingerprint density at radius 2 is 1.42 bits per heavy atom. The summed E-state index contributed by atoms with van der Waals surface area (Å²) in [4.78, 5) is 66.0. The van der Waals surface area contributed by atoms with Crippen LogP contribution in [0, 0.1) is 11.8 Å². The van der Waals surface area contributed by atoms with Gasteiger partial charge in [0.1, 0.15) is 18.1 Å². The van der Waals surface area contributed by atoms with Crippen LogP contribution in [-0.4, -0.2) is 65.3 Å². The Bertz CT molecular complexity index is 1370. The molecule has 4 rings (SSSR count). The molecule has 1 aliphatic carbocycles. The van der Waals surface area contributed by atoms with E-state index in [1.54, 1.807) is 6.92 Å². The Balaban J connectivity index is 1.48. The number of ether oxygens (including phenoxy) is 1. The maximum absolute atomic E-state index is 13.8. The normalized spacial score (nSPS) is 24.0. The molecule has 0 radical (unpaired) electrons. The van der Waals surface area contributed by atoms with Crippen molar-refractivity contribution in [1.29, 1.82) is 0 Å². The Morgan fingerprint density at radius 3 is 2.02 bits per heavy atom. The van der Waals surface area contributed by atoms with Gasteiger partial charge in [0.2, 0.25) is 23.6 Å². The first-order valence-electron chi connectivity index (χ1n) is 15.9. The fourth-order valence-electron chi connectivity index (χ4n) is 6.21. The lowest BCUT2D eigenvalue weighted by atomic mass is 9.79. The Morgan fingerprint density at radius 1 is 0.844 bits per heavy atom. The van der Waals surface area contributed by atoms with Gasteiger partial charge in [-0.15, -0.1) is 0 Å². The highest BCUT2D eigenvalue weighted by Gasteiger charge is 2.65. The van der Waals surface area contributed by atoms with E-state index in [9.17, 15) is 24.0 Å². The van der Waals surface area contributed by atoms with Gasteiger partial charge in [0.05, 0.1) is 12.1 Å². The lowest BCUT2D eigenvalue weighted by Crippen LogP contribution is -2.59. The van der Waals surface area contributed by atoms with E-state index in [1.165, 1.54) is 6.92 Å². The first kappa shape index (κ1) is 33.8. The van der Waals surface area contributed by atoms with E-state index in [2.05, 4.69) is 21.3 Å². The molecule has 1 saturated heterocycles. The van der Waals surface area contributed by atoms with Crippen molar-refractivity contribution in [3.63, 3.8) is 0 Å². The number of nitrogens with one attached hydrogen (secondary N) is 4. The zero-order chi connectivity index (χ0) is 32.7. The summed E-state index contributed by atoms with van der Waals surface area (Å²) in [5.74, 6) is -1.83. The van der Waals surface area contributed by atoms with Crippen LogP contribution < -0.4 is 21.3 Å². The number of fused-ring (bicyclic) bond motifs is 1. The summed E-state index contributed by atoms with van der Waals surface area (Å²) >= 11 is 0. The zero-order valence-corrected chi connectivity index (χ0v) is 26.8. The molecule has 242 valence electrons. The highest BCUT2D eigenvalue weighted by atomic mass is 16.6. The number of hydrogen-bond acceptors (Lipinski definition) is 6. The van der Waals surface area contributed by atoms with Crippen molar-refractivity contribution in [3.05, 3.63) is 71.8 Å². The van der Waals surface area contributed by atoms with Crippen molar-refractivity contribution in [1.82, 2.24) is 21.3 Å². The maximum Gasteiger partial charge on any atom is 0.243 e. The van der Waals surface area contributed by atoms with Crippen LogP contribution in [0.15, 0.2) is 60.7 Å². The van der Waals surface area contributed by atoms with E-state index < -0.39 is 47.5 Å². The van der Waals surface area contributed by atoms with Crippen LogP contribution in [0.3, 0.4) is 0 Å². The summed E-state index contributed by atoms with van der Waals surface area (Å²) in [5.41, 5.74) is 0.969. The summed E-state index contributed by atoms with van der Waals surface area (Å²) in [6, 6.07) is 15.4. The number of hydrogen-bond donors (Lipinski definition) is 4. The van der Waals surface area contributed by atoms with Crippen LogP contribution in [0.1, 0.15) is 65.0 Å². The van der Waals surface area contributed by atoms with E-state index in [0.717, 1.165) is 11.1 Å². The van der Waals surface area contributed by atoms with Crippen molar-refractivity contribution in [2.24, 2.45) is 11.8 Å². The van der Waals surface area contributed by atoms with Crippen molar-refractivity contribution in [2.75, 3.05) is 0 Å². The van der Waals surface area contributed by atoms with Crippen molar-refractivity contribution in [2.45, 2.75) is 103 Å². The van der Waals surface area contributed by atoms with Crippen LogP contribution in [0.4, 0.5) is 0 Å². The lowest BCUT2D eigenvalue weighted by molar-refractivity contribution is -0.135. The second-order valence-corrected chi connectivity index (χ2v) is 13.0. The molecule has 1 heterocycles. The molecule has 4 amide bonds. The van der Waals surface area contributed by atoms with Crippen LogP contribution in [0.2, 0.25) is 0 Å². The Labute approximate surface area is 265 Å². The summed E-state index contributed by atoms with van der Waals surface area (Å²) in [5, 5.41) is 11.3. The smallest absolute Gasteiger partial charge is 0.243 e. The minimum atomic E-state index is -0.996. The van der Waals surface area contributed by atoms with Gasteiger partial charge in [-0.25, -0.2) is 0 Å². The van der Waals surface area contributed by atoms with Gasteiger partial charge in [-0.2, -0.15) is 0 Å². The minimum Gasteiger partial charge on any atom is -0.358 e. The third-order valence-corrected chi connectivity index (χ3v) is 8.62. The van der Waals surface area contributed by atoms with Crippen LogP contribution in [0.25, 0.3) is 0 Å². The molecule has 45 heavy (non-hydrogen) atoms. The number of benzene rings is 2. The molecule has 4 N–H and O–H groups in total.